The fourth-order valence-corrected chi connectivity index (χ4v) is 2.46. The van der Waals surface area contributed by atoms with Crippen LogP contribution < -0.4 is 10.6 Å². The van der Waals surface area contributed by atoms with E-state index in [4.69, 9.17) is 4.74 Å². The number of amides is 1. The van der Waals surface area contributed by atoms with Gasteiger partial charge < -0.3 is 15.4 Å². The van der Waals surface area contributed by atoms with Gasteiger partial charge in [-0.2, -0.15) is 0 Å². The summed E-state index contributed by atoms with van der Waals surface area (Å²) in [4.78, 5) is 12.3. The van der Waals surface area contributed by atoms with Crippen LogP contribution in [0.3, 0.4) is 0 Å². The molecule has 0 aliphatic carbocycles. The molecule has 1 saturated heterocycles. The van der Waals surface area contributed by atoms with Crippen molar-refractivity contribution in [3.8, 4) is 0 Å². The largest absolute Gasteiger partial charge is 0.378 e. The highest BCUT2D eigenvalue weighted by atomic mass is 16.5. The van der Waals surface area contributed by atoms with E-state index < -0.39 is 0 Å². The molecular formula is C14H20N2O2. The predicted molar refractivity (Wildman–Crippen MR) is 70.8 cm³/mol. The third-order valence-electron chi connectivity index (χ3n) is 3.49. The Bertz CT molecular complexity index is 425. The van der Waals surface area contributed by atoms with Crippen LogP contribution in [0.15, 0.2) is 18.2 Å². The minimum absolute atomic E-state index is 0.0126. The number of carbonyl (C=O) groups is 1. The van der Waals surface area contributed by atoms with E-state index in [0.717, 1.165) is 29.8 Å². The first-order chi connectivity index (χ1) is 8.63. The molecule has 1 amide bonds. The molecule has 1 aromatic rings. The summed E-state index contributed by atoms with van der Waals surface area (Å²) in [5.74, 6) is -0.0126. The van der Waals surface area contributed by atoms with Crippen molar-refractivity contribution in [3.63, 3.8) is 0 Å². The van der Waals surface area contributed by atoms with Gasteiger partial charge in [0.1, 0.15) is 0 Å². The number of hydrogen-bond acceptors (Lipinski definition) is 3. The minimum Gasteiger partial charge on any atom is -0.378 e. The number of ether oxygens (including phenoxy) is 1. The molecule has 0 bridgehead atoms. The van der Waals surface area contributed by atoms with Crippen LogP contribution in [-0.4, -0.2) is 38.3 Å². The highest BCUT2D eigenvalue weighted by Gasteiger charge is 2.28. The van der Waals surface area contributed by atoms with Gasteiger partial charge in [-0.3, -0.25) is 4.79 Å². The molecule has 98 valence electrons. The molecule has 1 fully saturated rings. The van der Waals surface area contributed by atoms with Crippen LogP contribution in [0.5, 0.6) is 0 Å². The number of aryl methyl sites for hydroxylation is 2. The Kier molecular flexibility index (Phi) is 3.99. The van der Waals surface area contributed by atoms with Crippen molar-refractivity contribution in [2.75, 3.05) is 20.2 Å². The van der Waals surface area contributed by atoms with Crippen molar-refractivity contribution < 1.29 is 9.53 Å². The van der Waals surface area contributed by atoms with Gasteiger partial charge in [-0.25, -0.2) is 0 Å². The molecule has 0 saturated carbocycles. The summed E-state index contributed by atoms with van der Waals surface area (Å²) in [6.45, 7) is 5.47. The zero-order valence-corrected chi connectivity index (χ0v) is 11.1. The van der Waals surface area contributed by atoms with E-state index in [1.165, 1.54) is 0 Å². The van der Waals surface area contributed by atoms with E-state index in [1.54, 1.807) is 7.11 Å². The molecular weight excluding hydrogens is 228 g/mol. The van der Waals surface area contributed by atoms with Crippen LogP contribution in [0.25, 0.3) is 0 Å². The van der Waals surface area contributed by atoms with Crippen LogP contribution >= 0.6 is 0 Å². The van der Waals surface area contributed by atoms with Crippen molar-refractivity contribution in [1.29, 1.82) is 0 Å². The quantitative estimate of drug-likeness (QED) is 0.839. The number of methoxy groups -OCH3 is 1. The van der Waals surface area contributed by atoms with Gasteiger partial charge in [0.05, 0.1) is 12.1 Å². The van der Waals surface area contributed by atoms with Crippen LogP contribution in [0.4, 0.5) is 0 Å². The van der Waals surface area contributed by atoms with Crippen molar-refractivity contribution in [2.45, 2.75) is 26.0 Å². The molecule has 4 nitrogen and oxygen atoms in total. The lowest BCUT2D eigenvalue weighted by Crippen LogP contribution is -2.43. The summed E-state index contributed by atoms with van der Waals surface area (Å²) < 4.78 is 5.34. The van der Waals surface area contributed by atoms with Crippen molar-refractivity contribution >= 4 is 5.91 Å². The van der Waals surface area contributed by atoms with Gasteiger partial charge in [0, 0.05) is 25.8 Å². The molecule has 1 aromatic carbocycles. The summed E-state index contributed by atoms with van der Waals surface area (Å²) in [6.07, 6.45) is 0.0540. The predicted octanol–water partition coefficient (Wildman–Crippen LogP) is 1.02. The Labute approximate surface area is 108 Å². The van der Waals surface area contributed by atoms with Crippen LogP contribution in [-0.2, 0) is 4.74 Å². The normalized spacial score (nSPS) is 23.1. The molecule has 0 spiro atoms. The number of hydrogen-bond donors (Lipinski definition) is 2. The van der Waals surface area contributed by atoms with E-state index >= 15 is 0 Å². The van der Waals surface area contributed by atoms with Crippen LogP contribution in [0, 0.1) is 13.8 Å². The molecule has 0 radical (unpaired) electrons. The standard InChI is InChI=1S/C14H20N2O2/c1-9-5-4-6-10(2)13(9)14(17)16-11-7-15-8-12(11)18-3/h4-6,11-12,15H,7-8H2,1-3H3,(H,16,17)/t11?,12-/m0/s1. The average molecular weight is 248 g/mol. The van der Waals surface area contributed by atoms with Crippen LogP contribution in [0.2, 0.25) is 0 Å². The molecule has 1 aliphatic heterocycles. The maximum Gasteiger partial charge on any atom is 0.252 e. The second-order valence-corrected chi connectivity index (χ2v) is 4.78. The fraction of sp³-hybridized carbons (Fsp3) is 0.500. The van der Waals surface area contributed by atoms with Crippen molar-refractivity contribution in [2.24, 2.45) is 0 Å². The van der Waals surface area contributed by atoms with Gasteiger partial charge in [0.25, 0.3) is 5.91 Å². The van der Waals surface area contributed by atoms with Gasteiger partial charge >= 0.3 is 0 Å². The second-order valence-electron chi connectivity index (χ2n) is 4.78. The summed E-state index contributed by atoms with van der Waals surface area (Å²) >= 11 is 0. The van der Waals surface area contributed by atoms with E-state index in [-0.39, 0.29) is 18.1 Å². The zero-order chi connectivity index (χ0) is 13.1. The van der Waals surface area contributed by atoms with Crippen molar-refractivity contribution in [1.82, 2.24) is 10.6 Å². The zero-order valence-electron chi connectivity index (χ0n) is 11.1. The number of nitrogens with one attached hydrogen (secondary N) is 2. The van der Waals surface area contributed by atoms with E-state index in [0.29, 0.717) is 0 Å². The molecule has 0 aromatic heterocycles. The molecule has 2 N–H and O–H groups in total. The molecule has 18 heavy (non-hydrogen) atoms. The van der Waals surface area contributed by atoms with Crippen LogP contribution in [0.1, 0.15) is 21.5 Å². The summed E-state index contributed by atoms with van der Waals surface area (Å²) in [5.41, 5.74) is 2.79. The third kappa shape index (κ3) is 2.54. The maximum absolute atomic E-state index is 12.3. The lowest BCUT2D eigenvalue weighted by Gasteiger charge is -2.19. The van der Waals surface area contributed by atoms with Crippen molar-refractivity contribution in [3.05, 3.63) is 34.9 Å². The Morgan fingerprint density at radius 1 is 1.33 bits per heavy atom. The Hall–Kier alpha value is -1.39. The number of benzene rings is 1. The summed E-state index contributed by atoms with van der Waals surface area (Å²) in [6, 6.07) is 5.93. The van der Waals surface area contributed by atoms with Gasteiger partial charge in [-0.1, -0.05) is 18.2 Å². The highest BCUT2D eigenvalue weighted by molar-refractivity contribution is 5.97. The average Bonchev–Trinajstić information content (AvgIpc) is 2.76. The molecule has 1 unspecified atom stereocenters. The Morgan fingerprint density at radius 2 is 2.00 bits per heavy atom. The summed E-state index contributed by atoms with van der Waals surface area (Å²) in [5, 5.41) is 6.27. The number of rotatable bonds is 3. The Balaban J connectivity index is 2.12. The van der Waals surface area contributed by atoms with Gasteiger partial charge in [0.15, 0.2) is 0 Å². The fourth-order valence-electron chi connectivity index (χ4n) is 2.46. The molecule has 2 rings (SSSR count). The van der Waals surface area contributed by atoms with E-state index in [1.807, 2.05) is 32.0 Å². The molecule has 1 heterocycles. The lowest BCUT2D eigenvalue weighted by atomic mass is 10.0. The monoisotopic (exact) mass is 248 g/mol. The summed E-state index contributed by atoms with van der Waals surface area (Å²) in [7, 11) is 1.68. The van der Waals surface area contributed by atoms with Gasteiger partial charge in [0.2, 0.25) is 0 Å². The number of carbonyl (C=O) groups excluding carboxylic acids is 1. The molecule has 2 atom stereocenters. The van der Waals surface area contributed by atoms with Gasteiger partial charge in [-0.15, -0.1) is 0 Å². The SMILES string of the molecule is CO[C@H]1CNCC1NC(=O)c1c(C)cccc1C. The smallest absolute Gasteiger partial charge is 0.252 e. The highest BCUT2D eigenvalue weighted by Crippen LogP contribution is 2.14. The molecule has 4 heteroatoms. The first-order valence-electron chi connectivity index (χ1n) is 6.24. The second kappa shape index (κ2) is 5.50. The minimum atomic E-state index is -0.0126. The maximum atomic E-state index is 12.3. The molecule has 1 aliphatic rings. The lowest BCUT2D eigenvalue weighted by molar-refractivity contribution is 0.0779. The topological polar surface area (TPSA) is 50.4 Å². The van der Waals surface area contributed by atoms with E-state index in [9.17, 15) is 4.79 Å². The third-order valence-corrected chi connectivity index (χ3v) is 3.49. The van der Waals surface area contributed by atoms with Gasteiger partial charge in [-0.05, 0) is 25.0 Å². The Morgan fingerprint density at radius 3 is 2.61 bits per heavy atom. The van der Waals surface area contributed by atoms with E-state index in [2.05, 4.69) is 10.6 Å². The first-order valence-corrected chi connectivity index (χ1v) is 6.24. The first kappa shape index (κ1) is 13.1.